The van der Waals surface area contributed by atoms with Gasteiger partial charge in [-0.15, -0.1) is 0 Å². The maximum atomic E-state index is 12.4. The fraction of sp³-hybridized carbons (Fsp3) is 0.786. The Morgan fingerprint density at radius 3 is 2.90 bits per heavy atom. The number of nitrogens with zero attached hydrogens (tertiary/aromatic N) is 3. The summed E-state index contributed by atoms with van der Waals surface area (Å²) in [5.41, 5.74) is 0.937. The van der Waals surface area contributed by atoms with Crippen molar-refractivity contribution in [1.29, 1.82) is 0 Å². The zero-order chi connectivity index (χ0) is 14.9. The first kappa shape index (κ1) is 15.0. The van der Waals surface area contributed by atoms with Crippen LogP contribution in [-0.4, -0.2) is 47.5 Å². The van der Waals surface area contributed by atoms with E-state index in [0.717, 1.165) is 12.3 Å². The summed E-state index contributed by atoms with van der Waals surface area (Å²) >= 11 is 0. The molecule has 0 amide bonds. The largest absolute Gasteiger partial charge is 0.375 e. The lowest BCUT2D eigenvalue weighted by Gasteiger charge is -2.23. The van der Waals surface area contributed by atoms with Crippen LogP contribution in [0.3, 0.4) is 0 Å². The molecule has 1 atom stereocenters. The maximum Gasteiger partial charge on any atom is 0.214 e. The van der Waals surface area contributed by atoms with E-state index < -0.39 is 10.0 Å². The summed E-state index contributed by atoms with van der Waals surface area (Å²) in [4.78, 5) is 0. The van der Waals surface area contributed by atoms with Gasteiger partial charge in [-0.05, 0) is 31.2 Å². The number of ether oxygens (including phenoxy) is 1. The highest BCUT2D eigenvalue weighted by Gasteiger charge is 2.31. The Hall–Kier alpha value is -0.920. The van der Waals surface area contributed by atoms with Crippen LogP contribution < -0.4 is 0 Å². The first-order chi connectivity index (χ1) is 10.1. The van der Waals surface area contributed by atoms with E-state index in [0.29, 0.717) is 32.0 Å². The number of sulfonamides is 1. The zero-order valence-electron chi connectivity index (χ0n) is 12.4. The van der Waals surface area contributed by atoms with E-state index >= 15 is 0 Å². The van der Waals surface area contributed by atoms with Crippen molar-refractivity contribution in [2.24, 2.45) is 5.92 Å². The monoisotopic (exact) mass is 313 g/mol. The van der Waals surface area contributed by atoms with Gasteiger partial charge in [0.2, 0.25) is 10.0 Å². The Bertz CT molecular complexity index is 580. The lowest BCUT2D eigenvalue weighted by atomic mass is 10.3. The van der Waals surface area contributed by atoms with Crippen molar-refractivity contribution < 1.29 is 13.2 Å². The lowest BCUT2D eigenvalue weighted by Crippen LogP contribution is -2.38. The minimum absolute atomic E-state index is 0.113. The van der Waals surface area contributed by atoms with Gasteiger partial charge in [-0.2, -0.15) is 9.40 Å². The van der Waals surface area contributed by atoms with Crippen LogP contribution in [0.1, 0.15) is 31.9 Å². The summed E-state index contributed by atoms with van der Waals surface area (Å²) in [6, 6.07) is 1.89. The summed E-state index contributed by atoms with van der Waals surface area (Å²) < 4.78 is 34.2. The van der Waals surface area contributed by atoms with Crippen LogP contribution in [0.4, 0.5) is 0 Å². The third-order valence-electron chi connectivity index (χ3n) is 4.05. The molecule has 1 aliphatic heterocycles. The Morgan fingerprint density at radius 1 is 1.38 bits per heavy atom. The summed E-state index contributed by atoms with van der Waals surface area (Å²) in [6.07, 6.45) is 4.71. The van der Waals surface area contributed by atoms with Crippen molar-refractivity contribution in [1.82, 2.24) is 14.1 Å². The highest BCUT2D eigenvalue weighted by Crippen LogP contribution is 2.29. The van der Waals surface area contributed by atoms with Gasteiger partial charge >= 0.3 is 0 Å². The molecule has 7 heteroatoms. The number of hydrogen-bond acceptors (Lipinski definition) is 4. The van der Waals surface area contributed by atoms with Crippen LogP contribution >= 0.6 is 0 Å². The van der Waals surface area contributed by atoms with E-state index in [1.54, 1.807) is 10.5 Å². The fourth-order valence-electron chi connectivity index (χ4n) is 2.64. The molecule has 1 aliphatic carbocycles. The predicted molar refractivity (Wildman–Crippen MR) is 79.2 cm³/mol. The molecule has 6 nitrogen and oxygen atoms in total. The van der Waals surface area contributed by atoms with Crippen molar-refractivity contribution in [2.45, 2.75) is 45.4 Å². The van der Waals surface area contributed by atoms with Gasteiger partial charge in [-0.25, -0.2) is 8.42 Å². The summed E-state index contributed by atoms with van der Waals surface area (Å²) in [5.74, 6) is 0.863. The summed E-state index contributed by atoms with van der Waals surface area (Å²) in [7, 11) is -3.22. The Morgan fingerprint density at radius 2 is 2.19 bits per heavy atom. The minimum Gasteiger partial charge on any atom is -0.375 e. The van der Waals surface area contributed by atoms with Crippen LogP contribution in [0.2, 0.25) is 0 Å². The highest BCUT2D eigenvalue weighted by molar-refractivity contribution is 7.89. The molecule has 0 N–H and O–H groups in total. The molecule has 1 aromatic rings. The fourth-order valence-corrected chi connectivity index (χ4v) is 4.14. The molecule has 118 valence electrons. The molecule has 21 heavy (non-hydrogen) atoms. The van der Waals surface area contributed by atoms with Crippen LogP contribution in [0.5, 0.6) is 0 Å². The van der Waals surface area contributed by atoms with Crippen molar-refractivity contribution in [3.8, 4) is 0 Å². The molecule has 3 rings (SSSR count). The van der Waals surface area contributed by atoms with Crippen LogP contribution in [0.25, 0.3) is 0 Å². The smallest absolute Gasteiger partial charge is 0.214 e. The van der Waals surface area contributed by atoms with E-state index in [-0.39, 0.29) is 11.9 Å². The van der Waals surface area contributed by atoms with E-state index in [4.69, 9.17) is 4.74 Å². The maximum absolute atomic E-state index is 12.4. The number of rotatable bonds is 6. The van der Waals surface area contributed by atoms with Crippen molar-refractivity contribution >= 4 is 10.0 Å². The third kappa shape index (κ3) is 3.64. The molecule has 0 aromatic carbocycles. The molecule has 1 fully saturated rings. The van der Waals surface area contributed by atoms with E-state index in [1.165, 1.54) is 12.8 Å². The Balaban J connectivity index is 1.76. The van der Waals surface area contributed by atoms with Crippen molar-refractivity contribution in [3.63, 3.8) is 0 Å². The normalized spacial score (nSPS) is 23.8. The summed E-state index contributed by atoms with van der Waals surface area (Å²) in [5, 5.41) is 4.29. The van der Waals surface area contributed by atoms with E-state index in [1.807, 2.05) is 17.7 Å². The number of fused-ring (bicyclic) bond motifs is 1. The molecule has 2 aliphatic rings. The van der Waals surface area contributed by atoms with Crippen molar-refractivity contribution in [3.05, 3.63) is 18.0 Å². The van der Waals surface area contributed by atoms with Gasteiger partial charge < -0.3 is 4.74 Å². The van der Waals surface area contributed by atoms with Gasteiger partial charge in [0.25, 0.3) is 0 Å². The SMILES string of the molecule is CCCS(=O)(=O)N1Cc2ccnn2CC(OCC2CC2)C1. The minimum atomic E-state index is -3.22. The second kappa shape index (κ2) is 6.06. The van der Waals surface area contributed by atoms with E-state index in [2.05, 4.69) is 5.10 Å². The van der Waals surface area contributed by atoms with Gasteiger partial charge in [0, 0.05) is 19.3 Å². The first-order valence-electron chi connectivity index (χ1n) is 7.68. The molecule has 0 radical (unpaired) electrons. The number of hydrogen-bond donors (Lipinski definition) is 0. The molecule has 1 aromatic heterocycles. The standard InChI is InChI=1S/C14H23N3O3S/c1-2-7-21(18,19)16-8-13-5-6-15-17(13)10-14(9-16)20-11-12-3-4-12/h5-6,12,14H,2-4,7-11H2,1H3. The highest BCUT2D eigenvalue weighted by atomic mass is 32.2. The topological polar surface area (TPSA) is 64.4 Å². The molecular formula is C14H23N3O3S. The first-order valence-corrected chi connectivity index (χ1v) is 9.29. The van der Waals surface area contributed by atoms with Gasteiger partial charge in [0.1, 0.15) is 0 Å². The Labute approximate surface area is 126 Å². The predicted octanol–water partition coefficient (Wildman–Crippen LogP) is 1.23. The molecule has 0 spiro atoms. The second-order valence-corrected chi connectivity index (χ2v) is 8.10. The average molecular weight is 313 g/mol. The molecule has 0 bridgehead atoms. The van der Waals surface area contributed by atoms with Crippen LogP contribution in [-0.2, 0) is 27.8 Å². The summed E-state index contributed by atoms with van der Waals surface area (Å²) in [6.45, 7) is 4.08. The molecule has 2 heterocycles. The Kier molecular flexibility index (Phi) is 4.33. The molecule has 1 unspecified atom stereocenters. The number of aromatic nitrogens is 2. The molecule has 0 saturated heterocycles. The van der Waals surface area contributed by atoms with Crippen LogP contribution in [0.15, 0.2) is 12.3 Å². The molecular weight excluding hydrogens is 290 g/mol. The van der Waals surface area contributed by atoms with Crippen LogP contribution in [0, 0.1) is 5.92 Å². The molecule has 1 saturated carbocycles. The average Bonchev–Trinajstić information content (AvgIpc) is 3.19. The lowest BCUT2D eigenvalue weighted by molar-refractivity contribution is 0.0258. The van der Waals surface area contributed by atoms with Gasteiger partial charge in [-0.3, -0.25) is 4.68 Å². The van der Waals surface area contributed by atoms with Crippen molar-refractivity contribution in [2.75, 3.05) is 18.9 Å². The second-order valence-electron chi connectivity index (χ2n) is 6.01. The van der Waals surface area contributed by atoms with Gasteiger partial charge in [0.05, 0.1) is 30.6 Å². The van der Waals surface area contributed by atoms with Gasteiger partial charge in [0.15, 0.2) is 0 Å². The van der Waals surface area contributed by atoms with Gasteiger partial charge in [-0.1, -0.05) is 6.92 Å². The third-order valence-corrected chi connectivity index (χ3v) is 6.04. The zero-order valence-corrected chi connectivity index (χ0v) is 13.3. The quantitative estimate of drug-likeness (QED) is 0.792. The van der Waals surface area contributed by atoms with E-state index in [9.17, 15) is 8.42 Å².